The minimum Gasteiger partial charge on any atom is -0.279 e. The summed E-state index contributed by atoms with van der Waals surface area (Å²) in [5.74, 6) is 0. The fraction of sp³-hybridized carbons (Fsp3) is 0.0625. The first-order valence-corrected chi connectivity index (χ1v) is 15.6. The summed E-state index contributed by atoms with van der Waals surface area (Å²) in [5.41, 5.74) is 4.02. The largest absolute Gasteiger partial charge is 0.279 e. The van der Waals surface area contributed by atoms with Gasteiger partial charge in [-0.25, -0.2) is 16.8 Å². The molecule has 5 aromatic carbocycles. The normalized spacial score (nSPS) is 12.1. The Morgan fingerprint density at radius 3 is 1.70 bits per heavy atom. The lowest BCUT2D eigenvalue weighted by molar-refractivity contribution is 0.599. The maximum absolute atomic E-state index is 13.3. The van der Waals surface area contributed by atoms with Crippen molar-refractivity contribution < 1.29 is 16.8 Å². The summed E-state index contributed by atoms with van der Waals surface area (Å²) in [6.45, 7) is 3.79. The van der Waals surface area contributed by atoms with Gasteiger partial charge in [0.15, 0.2) is 0 Å². The predicted octanol–water partition coefficient (Wildman–Crippen LogP) is 7.23. The maximum atomic E-state index is 13.3. The number of nitrogens with one attached hydrogen (secondary N) is 2. The van der Waals surface area contributed by atoms with E-state index in [-0.39, 0.29) is 9.79 Å². The summed E-state index contributed by atoms with van der Waals surface area (Å²) in [4.78, 5) is 0.330. The smallest absolute Gasteiger partial charge is 0.261 e. The van der Waals surface area contributed by atoms with E-state index in [1.165, 1.54) is 0 Å². The van der Waals surface area contributed by atoms with Gasteiger partial charge in [-0.15, -0.1) is 0 Å². The number of benzene rings is 5. The third-order valence-electron chi connectivity index (χ3n) is 6.51. The van der Waals surface area contributed by atoms with Crippen LogP contribution in [0.1, 0.15) is 22.3 Å². The van der Waals surface area contributed by atoms with Gasteiger partial charge >= 0.3 is 0 Å². The first kappa shape index (κ1) is 27.2. The number of fused-ring (bicyclic) bond motifs is 1. The van der Waals surface area contributed by atoms with Gasteiger partial charge in [-0.3, -0.25) is 9.44 Å². The van der Waals surface area contributed by atoms with Gasteiger partial charge in [0.1, 0.15) is 0 Å². The molecule has 0 aromatic heterocycles. The highest BCUT2D eigenvalue weighted by atomic mass is 32.2. The second kappa shape index (κ2) is 11.0. The minimum absolute atomic E-state index is 0.164. The highest BCUT2D eigenvalue weighted by Gasteiger charge is 2.18. The molecule has 6 nitrogen and oxygen atoms in total. The quantitative estimate of drug-likeness (QED) is 0.193. The van der Waals surface area contributed by atoms with Gasteiger partial charge in [-0.1, -0.05) is 102 Å². The molecule has 5 rings (SSSR count). The van der Waals surface area contributed by atoms with Crippen LogP contribution in [0.2, 0.25) is 0 Å². The predicted molar refractivity (Wildman–Crippen MR) is 163 cm³/mol. The Bertz CT molecular complexity index is 1930. The van der Waals surface area contributed by atoms with Crippen molar-refractivity contribution in [1.82, 2.24) is 0 Å². The molecule has 0 bridgehead atoms. The van der Waals surface area contributed by atoms with Crippen LogP contribution in [0.25, 0.3) is 22.9 Å². The van der Waals surface area contributed by atoms with E-state index in [2.05, 4.69) is 9.44 Å². The molecule has 0 aliphatic carbocycles. The molecule has 0 atom stereocenters. The van der Waals surface area contributed by atoms with Crippen molar-refractivity contribution in [3.8, 4) is 0 Å². The number of sulfonamides is 2. The number of hydrogen-bond acceptors (Lipinski definition) is 4. The second-order valence-electron chi connectivity index (χ2n) is 9.51. The van der Waals surface area contributed by atoms with E-state index in [0.29, 0.717) is 22.5 Å². The molecule has 0 radical (unpaired) electrons. The van der Waals surface area contributed by atoms with Gasteiger partial charge in [0.25, 0.3) is 20.0 Å². The Labute approximate surface area is 235 Å². The van der Waals surface area contributed by atoms with E-state index in [0.717, 1.165) is 21.9 Å². The monoisotopic (exact) mass is 568 g/mol. The van der Waals surface area contributed by atoms with Crippen molar-refractivity contribution in [1.29, 1.82) is 0 Å². The summed E-state index contributed by atoms with van der Waals surface area (Å²) in [6.07, 6.45) is 3.54. The lowest BCUT2D eigenvalue weighted by Gasteiger charge is -2.15. The summed E-state index contributed by atoms with van der Waals surface area (Å²) in [6, 6.07) is 31.6. The van der Waals surface area contributed by atoms with Crippen molar-refractivity contribution in [2.75, 3.05) is 9.44 Å². The number of aryl methyl sites for hydroxylation is 2. The highest BCUT2D eigenvalue weighted by molar-refractivity contribution is 7.93. The Balaban J connectivity index is 1.52. The average molecular weight is 569 g/mol. The molecule has 0 fully saturated rings. The van der Waals surface area contributed by atoms with Crippen LogP contribution in [0.5, 0.6) is 0 Å². The van der Waals surface area contributed by atoms with Crippen LogP contribution >= 0.6 is 0 Å². The number of hydrogen-bond donors (Lipinski definition) is 2. The van der Waals surface area contributed by atoms with Crippen molar-refractivity contribution in [2.24, 2.45) is 0 Å². The van der Waals surface area contributed by atoms with Crippen molar-refractivity contribution in [3.63, 3.8) is 0 Å². The third-order valence-corrected chi connectivity index (χ3v) is 9.25. The SMILES string of the molecule is Cc1ccc(S(=O)(=O)Nc2ccccc2/C=C/c2ccc3ccccc3c2NS(=O)(=O)c2ccc(C)cc2)cc1. The zero-order valence-corrected chi connectivity index (χ0v) is 23.6. The molecule has 0 saturated heterocycles. The second-order valence-corrected chi connectivity index (χ2v) is 12.9. The van der Waals surface area contributed by atoms with E-state index in [9.17, 15) is 16.8 Å². The van der Waals surface area contributed by atoms with Crippen LogP contribution < -0.4 is 9.44 Å². The molecule has 5 aromatic rings. The molecule has 202 valence electrons. The number of para-hydroxylation sites is 1. The van der Waals surface area contributed by atoms with E-state index < -0.39 is 20.0 Å². The van der Waals surface area contributed by atoms with Crippen LogP contribution in [0.3, 0.4) is 0 Å². The molecular formula is C32H28N2O4S2. The van der Waals surface area contributed by atoms with Crippen LogP contribution in [0, 0.1) is 13.8 Å². The van der Waals surface area contributed by atoms with Gasteiger partial charge in [0.05, 0.1) is 21.2 Å². The molecule has 0 heterocycles. The Hall–Kier alpha value is -4.40. The first-order chi connectivity index (χ1) is 19.1. The maximum Gasteiger partial charge on any atom is 0.261 e. The topological polar surface area (TPSA) is 92.3 Å². The molecule has 40 heavy (non-hydrogen) atoms. The molecule has 0 saturated carbocycles. The van der Waals surface area contributed by atoms with Gasteiger partial charge in [-0.2, -0.15) is 0 Å². The van der Waals surface area contributed by atoms with E-state index in [1.807, 2.05) is 56.3 Å². The molecule has 0 unspecified atom stereocenters. The molecule has 0 aliphatic heterocycles. The van der Waals surface area contributed by atoms with Crippen molar-refractivity contribution in [2.45, 2.75) is 23.6 Å². The first-order valence-electron chi connectivity index (χ1n) is 12.6. The lowest BCUT2D eigenvalue weighted by atomic mass is 10.0. The van der Waals surface area contributed by atoms with Crippen LogP contribution in [-0.4, -0.2) is 16.8 Å². The van der Waals surface area contributed by atoms with Gasteiger partial charge < -0.3 is 0 Å². The molecular weight excluding hydrogens is 540 g/mol. The molecule has 0 amide bonds. The van der Waals surface area contributed by atoms with E-state index in [1.54, 1.807) is 78.9 Å². The Morgan fingerprint density at radius 2 is 1.05 bits per heavy atom. The summed E-state index contributed by atoms with van der Waals surface area (Å²) in [5, 5.41) is 1.63. The van der Waals surface area contributed by atoms with Crippen LogP contribution in [0.15, 0.2) is 119 Å². The third kappa shape index (κ3) is 5.93. The van der Waals surface area contributed by atoms with E-state index in [4.69, 9.17) is 0 Å². The zero-order chi connectivity index (χ0) is 28.3. The summed E-state index contributed by atoms with van der Waals surface area (Å²) in [7, 11) is -7.67. The van der Waals surface area contributed by atoms with Crippen LogP contribution in [0.4, 0.5) is 11.4 Å². The number of anilines is 2. The Kier molecular flexibility index (Phi) is 7.47. The standard InChI is InChI=1S/C32H28N2O4S2/c1-23-11-19-28(20-12-23)39(35,36)33-31-10-6-4-8-26(31)16-18-27-17-15-25-7-3-5-9-30(25)32(27)34-40(37,38)29-21-13-24(2)14-22-29/h3-22,33-34H,1-2H3/b18-16+. The molecule has 8 heteroatoms. The molecule has 0 aliphatic rings. The van der Waals surface area contributed by atoms with Crippen molar-refractivity contribution >= 4 is 54.3 Å². The fourth-order valence-electron chi connectivity index (χ4n) is 4.29. The number of rotatable bonds is 8. The van der Waals surface area contributed by atoms with Crippen molar-refractivity contribution in [3.05, 3.63) is 131 Å². The van der Waals surface area contributed by atoms with E-state index >= 15 is 0 Å². The zero-order valence-electron chi connectivity index (χ0n) is 22.0. The highest BCUT2D eigenvalue weighted by Crippen LogP contribution is 2.32. The average Bonchev–Trinajstić information content (AvgIpc) is 2.93. The lowest BCUT2D eigenvalue weighted by Crippen LogP contribution is -2.14. The fourth-order valence-corrected chi connectivity index (χ4v) is 6.48. The molecule has 0 spiro atoms. The Morgan fingerprint density at radius 1 is 0.525 bits per heavy atom. The van der Waals surface area contributed by atoms with Gasteiger partial charge in [0, 0.05) is 5.39 Å². The summed E-state index contributed by atoms with van der Waals surface area (Å²) >= 11 is 0. The minimum atomic E-state index is -3.87. The summed E-state index contributed by atoms with van der Waals surface area (Å²) < 4.78 is 58.2. The van der Waals surface area contributed by atoms with Crippen LogP contribution in [-0.2, 0) is 20.0 Å². The van der Waals surface area contributed by atoms with Gasteiger partial charge in [-0.05, 0) is 60.7 Å². The molecule has 2 N–H and O–H groups in total. The van der Waals surface area contributed by atoms with Gasteiger partial charge in [0.2, 0.25) is 0 Å².